The van der Waals surface area contributed by atoms with E-state index in [9.17, 15) is 19.2 Å². The van der Waals surface area contributed by atoms with Gasteiger partial charge in [0.05, 0.1) is 22.9 Å². The van der Waals surface area contributed by atoms with Gasteiger partial charge in [0.15, 0.2) is 0 Å². The van der Waals surface area contributed by atoms with Crippen LogP contribution in [0.4, 0.5) is 4.79 Å². The van der Waals surface area contributed by atoms with Gasteiger partial charge in [-0.2, -0.15) is 0 Å². The number of alkyl carbamates (subject to hydrolysis) is 1. The first-order valence-corrected chi connectivity index (χ1v) is 9.00. The van der Waals surface area contributed by atoms with E-state index in [0.29, 0.717) is 0 Å². The molecular weight excluding hydrogens is 459 g/mol. The lowest BCUT2D eigenvalue weighted by Crippen LogP contribution is -2.51. The van der Waals surface area contributed by atoms with Gasteiger partial charge in [0.2, 0.25) is 0 Å². The lowest BCUT2D eigenvalue weighted by Gasteiger charge is -2.25. The fraction of sp³-hybridized carbons (Fsp3) is 0.600. The van der Waals surface area contributed by atoms with Gasteiger partial charge in [0, 0.05) is 6.54 Å². The minimum Gasteiger partial charge on any atom is -0.465 e. The van der Waals surface area contributed by atoms with E-state index < -0.39 is 28.9 Å². The molecule has 0 saturated heterocycles. The lowest BCUT2D eigenvalue weighted by molar-refractivity contribution is -0.141. The first-order chi connectivity index (χ1) is 12.0. The van der Waals surface area contributed by atoms with E-state index in [0.717, 1.165) is 4.68 Å². The molecule has 0 atom stereocenters. The Morgan fingerprint density at radius 3 is 2.58 bits per heavy atom. The van der Waals surface area contributed by atoms with E-state index in [1.165, 1.54) is 11.2 Å². The maximum Gasteiger partial charge on any atom is 0.407 e. The SMILES string of the molecule is CCOC(=O)CN(CCNC(=O)OC(C)(C)C)n1cc(I)c(=O)[nH]c1=O. The molecule has 26 heavy (non-hydrogen) atoms. The van der Waals surface area contributed by atoms with Crippen molar-refractivity contribution in [3.05, 3.63) is 30.6 Å². The van der Waals surface area contributed by atoms with E-state index in [4.69, 9.17) is 9.47 Å². The smallest absolute Gasteiger partial charge is 0.407 e. The van der Waals surface area contributed by atoms with Crippen molar-refractivity contribution in [2.75, 3.05) is 31.3 Å². The van der Waals surface area contributed by atoms with Crippen LogP contribution < -0.4 is 21.6 Å². The van der Waals surface area contributed by atoms with Crippen LogP contribution in [-0.2, 0) is 14.3 Å². The number of nitrogens with zero attached hydrogens (tertiary/aromatic N) is 2. The van der Waals surface area contributed by atoms with Gasteiger partial charge in [-0.25, -0.2) is 14.3 Å². The lowest BCUT2D eigenvalue weighted by atomic mass is 10.2. The molecule has 1 aromatic heterocycles. The number of carbonyl (C=O) groups excluding carboxylic acids is 2. The molecule has 1 amide bonds. The molecule has 0 fully saturated rings. The Labute approximate surface area is 164 Å². The quantitative estimate of drug-likeness (QED) is 0.420. The van der Waals surface area contributed by atoms with Crippen LogP contribution in [0.25, 0.3) is 0 Å². The number of ether oxygens (including phenoxy) is 2. The van der Waals surface area contributed by atoms with E-state index in [1.54, 1.807) is 50.3 Å². The highest BCUT2D eigenvalue weighted by Crippen LogP contribution is 2.06. The molecule has 0 aliphatic heterocycles. The molecule has 0 aliphatic carbocycles. The standard InChI is InChI=1S/C15H23IN4O6/c1-5-25-11(21)9-19(7-6-17-14(24)26-15(2,3)4)20-8-10(16)12(22)18-13(20)23/h8H,5-7,9H2,1-4H3,(H,17,24)(H,18,22,23). The highest BCUT2D eigenvalue weighted by atomic mass is 127. The molecule has 0 saturated carbocycles. The molecule has 0 unspecified atom stereocenters. The van der Waals surface area contributed by atoms with Crippen LogP contribution in [0.1, 0.15) is 27.7 Å². The second kappa shape index (κ2) is 9.59. The number of rotatable bonds is 7. The Balaban J connectivity index is 2.88. The zero-order valence-electron chi connectivity index (χ0n) is 15.1. The summed E-state index contributed by atoms with van der Waals surface area (Å²) in [6, 6.07) is 0. The van der Waals surface area contributed by atoms with Crippen LogP contribution in [0.3, 0.4) is 0 Å². The third-order valence-corrected chi connectivity index (χ3v) is 3.61. The molecule has 0 bridgehead atoms. The molecular formula is C15H23IN4O6. The van der Waals surface area contributed by atoms with Crippen molar-refractivity contribution in [3.63, 3.8) is 0 Å². The first kappa shape index (κ1) is 22.0. The van der Waals surface area contributed by atoms with E-state index >= 15 is 0 Å². The Morgan fingerprint density at radius 2 is 2.00 bits per heavy atom. The number of halogens is 1. The predicted molar refractivity (Wildman–Crippen MR) is 103 cm³/mol. The highest BCUT2D eigenvalue weighted by molar-refractivity contribution is 14.1. The summed E-state index contributed by atoms with van der Waals surface area (Å²) in [5, 5.41) is 3.90. The highest BCUT2D eigenvalue weighted by Gasteiger charge is 2.18. The normalized spacial score (nSPS) is 11.0. The molecule has 11 heteroatoms. The van der Waals surface area contributed by atoms with Crippen LogP contribution in [0, 0.1) is 3.57 Å². The molecule has 10 nitrogen and oxygen atoms in total. The third kappa shape index (κ3) is 7.45. The molecule has 1 rings (SSSR count). The van der Waals surface area contributed by atoms with Gasteiger partial charge in [-0.15, -0.1) is 0 Å². The van der Waals surface area contributed by atoms with Crippen molar-refractivity contribution in [1.29, 1.82) is 0 Å². The van der Waals surface area contributed by atoms with Crippen LogP contribution in [0.5, 0.6) is 0 Å². The van der Waals surface area contributed by atoms with Crippen molar-refractivity contribution in [2.45, 2.75) is 33.3 Å². The Morgan fingerprint density at radius 1 is 1.35 bits per heavy atom. The number of nitrogens with one attached hydrogen (secondary N) is 2. The second-order valence-corrected chi connectivity index (χ2v) is 7.36. The molecule has 0 aromatic carbocycles. The van der Waals surface area contributed by atoms with Crippen LogP contribution in [0.2, 0.25) is 0 Å². The minimum atomic E-state index is -0.697. The topological polar surface area (TPSA) is 123 Å². The zero-order valence-corrected chi connectivity index (χ0v) is 17.3. The monoisotopic (exact) mass is 482 g/mol. The number of hydrogen-bond donors (Lipinski definition) is 2. The van der Waals surface area contributed by atoms with Gasteiger partial charge in [-0.05, 0) is 50.3 Å². The zero-order chi connectivity index (χ0) is 19.9. The third-order valence-electron chi connectivity index (χ3n) is 2.84. The summed E-state index contributed by atoms with van der Waals surface area (Å²) in [6.45, 7) is 7.06. The van der Waals surface area contributed by atoms with Crippen molar-refractivity contribution in [1.82, 2.24) is 15.0 Å². The maximum atomic E-state index is 12.1. The van der Waals surface area contributed by atoms with Gasteiger partial charge in [0.25, 0.3) is 5.56 Å². The molecule has 1 heterocycles. The number of amides is 1. The van der Waals surface area contributed by atoms with E-state index in [2.05, 4.69) is 10.3 Å². The predicted octanol–water partition coefficient (Wildman–Crippen LogP) is 0.167. The van der Waals surface area contributed by atoms with Crippen molar-refractivity contribution in [2.24, 2.45) is 0 Å². The average Bonchev–Trinajstić information content (AvgIpc) is 2.48. The molecule has 2 N–H and O–H groups in total. The Hall–Kier alpha value is -2.05. The van der Waals surface area contributed by atoms with Gasteiger partial charge in [0.1, 0.15) is 12.1 Å². The number of H-pyrrole nitrogens is 1. The summed E-state index contributed by atoms with van der Waals surface area (Å²) in [4.78, 5) is 49.2. The Kier molecular flexibility index (Phi) is 8.11. The molecule has 0 aliphatic rings. The second-order valence-electron chi connectivity index (χ2n) is 6.20. The van der Waals surface area contributed by atoms with Crippen molar-refractivity contribution < 1.29 is 19.1 Å². The summed E-state index contributed by atoms with van der Waals surface area (Å²) in [6.07, 6.45) is 0.700. The minimum absolute atomic E-state index is 0.108. The maximum absolute atomic E-state index is 12.1. The van der Waals surface area contributed by atoms with Crippen molar-refractivity contribution in [3.8, 4) is 0 Å². The summed E-state index contributed by atoms with van der Waals surface area (Å²) < 4.78 is 11.4. The fourth-order valence-corrected chi connectivity index (χ4v) is 2.27. The van der Waals surface area contributed by atoms with Gasteiger partial charge >= 0.3 is 17.8 Å². The number of esters is 1. The van der Waals surface area contributed by atoms with Crippen LogP contribution in [-0.4, -0.2) is 53.6 Å². The number of aromatic amines is 1. The first-order valence-electron chi connectivity index (χ1n) is 7.92. The van der Waals surface area contributed by atoms with Gasteiger partial charge in [-0.3, -0.25) is 19.6 Å². The van der Waals surface area contributed by atoms with Crippen LogP contribution in [0.15, 0.2) is 15.8 Å². The van der Waals surface area contributed by atoms with E-state index in [-0.39, 0.29) is 29.8 Å². The average molecular weight is 482 g/mol. The number of aromatic nitrogens is 2. The molecule has 0 radical (unpaired) electrons. The summed E-state index contributed by atoms with van der Waals surface area (Å²) in [5.74, 6) is -0.544. The van der Waals surface area contributed by atoms with Crippen LogP contribution >= 0.6 is 22.6 Å². The molecule has 0 spiro atoms. The summed E-state index contributed by atoms with van der Waals surface area (Å²) >= 11 is 1.78. The van der Waals surface area contributed by atoms with E-state index in [1.807, 2.05) is 0 Å². The Bertz CT molecular complexity index is 752. The number of hydrogen-bond acceptors (Lipinski definition) is 7. The van der Waals surface area contributed by atoms with Crippen molar-refractivity contribution >= 4 is 34.7 Å². The van der Waals surface area contributed by atoms with Gasteiger partial charge in [-0.1, -0.05) is 0 Å². The van der Waals surface area contributed by atoms with Gasteiger partial charge < -0.3 is 14.8 Å². The molecule has 1 aromatic rings. The number of carbonyl (C=O) groups is 2. The largest absolute Gasteiger partial charge is 0.465 e. The summed E-state index contributed by atoms with van der Waals surface area (Å²) in [5.41, 5.74) is -1.85. The molecule has 146 valence electrons. The summed E-state index contributed by atoms with van der Waals surface area (Å²) in [7, 11) is 0. The fourth-order valence-electron chi connectivity index (χ4n) is 1.87.